The Bertz CT molecular complexity index is 882. The smallest absolute Gasteiger partial charge is 0.251 e. The molecule has 136 valence electrons. The van der Waals surface area contributed by atoms with Crippen molar-refractivity contribution in [2.75, 3.05) is 6.54 Å². The van der Waals surface area contributed by atoms with Gasteiger partial charge >= 0.3 is 0 Å². The van der Waals surface area contributed by atoms with Gasteiger partial charge in [0.05, 0.1) is 11.0 Å². The molecule has 1 amide bonds. The van der Waals surface area contributed by atoms with Crippen molar-refractivity contribution < 1.29 is 4.79 Å². The maximum absolute atomic E-state index is 12.1. The van der Waals surface area contributed by atoms with Gasteiger partial charge in [0.25, 0.3) is 5.91 Å². The lowest BCUT2D eigenvalue weighted by molar-refractivity contribution is 0.0953. The van der Waals surface area contributed by atoms with E-state index in [-0.39, 0.29) is 5.91 Å². The highest BCUT2D eigenvalue weighted by Gasteiger charge is 2.08. The number of para-hydroxylation sites is 2. The number of fused-ring (bicyclic) bond motifs is 1. The summed E-state index contributed by atoms with van der Waals surface area (Å²) < 4.78 is 2.30. The largest absolute Gasteiger partial charge is 0.352 e. The van der Waals surface area contributed by atoms with Crippen molar-refractivity contribution in [2.45, 2.75) is 46.1 Å². The van der Waals surface area contributed by atoms with E-state index in [9.17, 15) is 4.79 Å². The lowest BCUT2D eigenvalue weighted by Crippen LogP contribution is -2.24. The fourth-order valence-electron chi connectivity index (χ4n) is 3.34. The van der Waals surface area contributed by atoms with Crippen LogP contribution in [0.5, 0.6) is 0 Å². The summed E-state index contributed by atoms with van der Waals surface area (Å²) in [6, 6.07) is 16.0. The van der Waals surface area contributed by atoms with Crippen LogP contribution in [-0.4, -0.2) is 22.0 Å². The average Bonchev–Trinajstić information content (AvgIpc) is 3.01. The summed E-state index contributed by atoms with van der Waals surface area (Å²) in [6.45, 7) is 5.83. The van der Waals surface area contributed by atoms with Gasteiger partial charge in [0, 0.05) is 25.1 Å². The molecule has 4 nitrogen and oxygen atoms in total. The van der Waals surface area contributed by atoms with Crippen molar-refractivity contribution in [1.82, 2.24) is 14.9 Å². The third-order valence-electron chi connectivity index (χ3n) is 4.69. The van der Waals surface area contributed by atoms with Crippen LogP contribution in [0.2, 0.25) is 0 Å². The molecule has 0 aliphatic carbocycles. The topological polar surface area (TPSA) is 46.9 Å². The molecular weight excluding hydrogens is 322 g/mol. The SMILES string of the molecule is CCn1c(CCCCCNC(=O)c2cccc(C)c2)nc2ccccc21. The summed E-state index contributed by atoms with van der Waals surface area (Å²) in [6.07, 6.45) is 4.14. The minimum absolute atomic E-state index is 0.0153. The Morgan fingerprint density at radius 2 is 1.92 bits per heavy atom. The number of hydrogen-bond acceptors (Lipinski definition) is 2. The van der Waals surface area contributed by atoms with Gasteiger partial charge in [-0.2, -0.15) is 0 Å². The molecule has 2 aromatic carbocycles. The van der Waals surface area contributed by atoms with Crippen molar-refractivity contribution in [3.8, 4) is 0 Å². The molecule has 26 heavy (non-hydrogen) atoms. The van der Waals surface area contributed by atoms with E-state index in [1.807, 2.05) is 37.3 Å². The highest BCUT2D eigenvalue weighted by Crippen LogP contribution is 2.17. The van der Waals surface area contributed by atoms with Gasteiger partial charge in [-0.1, -0.05) is 36.2 Å². The number of rotatable bonds is 8. The molecule has 1 heterocycles. The van der Waals surface area contributed by atoms with Crippen molar-refractivity contribution >= 4 is 16.9 Å². The fourth-order valence-corrected chi connectivity index (χ4v) is 3.34. The van der Waals surface area contributed by atoms with Crippen molar-refractivity contribution in [3.63, 3.8) is 0 Å². The lowest BCUT2D eigenvalue weighted by atomic mass is 10.1. The Labute approximate surface area is 155 Å². The van der Waals surface area contributed by atoms with Gasteiger partial charge < -0.3 is 9.88 Å². The van der Waals surface area contributed by atoms with Crippen molar-refractivity contribution in [3.05, 3.63) is 65.5 Å². The minimum atomic E-state index is 0.0153. The second-order valence-corrected chi connectivity index (χ2v) is 6.70. The molecule has 3 rings (SSSR count). The van der Waals surface area contributed by atoms with E-state index in [1.165, 1.54) is 5.52 Å². The average molecular weight is 349 g/mol. The van der Waals surface area contributed by atoms with Crippen LogP contribution in [0.4, 0.5) is 0 Å². The molecule has 0 aliphatic heterocycles. The third kappa shape index (κ3) is 4.31. The molecule has 0 spiro atoms. The highest BCUT2D eigenvalue weighted by molar-refractivity contribution is 5.94. The summed E-state index contributed by atoms with van der Waals surface area (Å²) in [4.78, 5) is 16.9. The number of imidazole rings is 1. The third-order valence-corrected chi connectivity index (χ3v) is 4.69. The lowest BCUT2D eigenvalue weighted by Gasteiger charge is -2.07. The van der Waals surface area contributed by atoms with Gasteiger partial charge in [-0.15, -0.1) is 0 Å². The Kier molecular flexibility index (Phi) is 6.05. The summed E-state index contributed by atoms with van der Waals surface area (Å²) in [5.74, 6) is 1.18. The molecular formula is C22H27N3O. The van der Waals surface area contributed by atoms with Crippen molar-refractivity contribution in [2.24, 2.45) is 0 Å². The second-order valence-electron chi connectivity index (χ2n) is 6.70. The summed E-state index contributed by atoms with van der Waals surface area (Å²) >= 11 is 0. The number of benzene rings is 2. The molecule has 0 bridgehead atoms. The van der Waals surface area contributed by atoms with Crippen LogP contribution in [0.25, 0.3) is 11.0 Å². The van der Waals surface area contributed by atoms with Crippen LogP contribution >= 0.6 is 0 Å². The monoisotopic (exact) mass is 349 g/mol. The molecule has 0 radical (unpaired) electrons. The van der Waals surface area contributed by atoms with Crippen molar-refractivity contribution in [1.29, 1.82) is 0 Å². The first-order valence-corrected chi connectivity index (χ1v) is 9.48. The molecule has 1 N–H and O–H groups in total. The maximum atomic E-state index is 12.1. The Morgan fingerprint density at radius 3 is 2.73 bits per heavy atom. The van der Waals surface area contributed by atoms with E-state index in [0.29, 0.717) is 0 Å². The molecule has 0 atom stereocenters. The number of aromatic nitrogens is 2. The van der Waals surface area contributed by atoms with Crippen LogP contribution in [0.15, 0.2) is 48.5 Å². The van der Waals surface area contributed by atoms with Crippen LogP contribution in [0, 0.1) is 6.92 Å². The molecule has 0 unspecified atom stereocenters. The second kappa shape index (κ2) is 8.65. The van der Waals surface area contributed by atoms with Gasteiger partial charge in [0.2, 0.25) is 0 Å². The van der Waals surface area contributed by atoms with E-state index in [1.54, 1.807) is 0 Å². The first-order valence-electron chi connectivity index (χ1n) is 9.48. The molecule has 4 heteroatoms. The molecule has 0 saturated carbocycles. The van der Waals surface area contributed by atoms with Gasteiger partial charge in [0.1, 0.15) is 5.82 Å². The number of nitrogens with zero attached hydrogens (tertiary/aromatic N) is 2. The summed E-state index contributed by atoms with van der Waals surface area (Å²) in [5.41, 5.74) is 4.14. The zero-order valence-electron chi connectivity index (χ0n) is 15.7. The zero-order valence-corrected chi connectivity index (χ0v) is 15.7. The molecule has 1 aromatic heterocycles. The van der Waals surface area contributed by atoms with Crippen LogP contribution in [-0.2, 0) is 13.0 Å². The van der Waals surface area contributed by atoms with E-state index in [4.69, 9.17) is 4.98 Å². The number of amides is 1. The number of nitrogens with one attached hydrogen (secondary N) is 1. The normalized spacial score (nSPS) is 11.0. The van der Waals surface area contributed by atoms with Crippen LogP contribution < -0.4 is 5.32 Å². The standard InChI is InChI=1S/C22H27N3O/c1-3-25-20-13-7-6-12-19(20)24-21(25)14-5-4-8-15-23-22(26)18-11-9-10-17(2)16-18/h6-7,9-13,16H,3-5,8,14-15H2,1-2H3,(H,23,26). The summed E-state index contributed by atoms with van der Waals surface area (Å²) in [5, 5.41) is 3.01. The van der Waals surface area contributed by atoms with Crippen LogP contribution in [0.3, 0.4) is 0 Å². The van der Waals surface area contributed by atoms with Gasteiger partial charge in [-0.3, -0.25) is 4.79 Å². The van der Waals surface area contributed by atoms with Crippen LogP contribution in [0.1, 0.15) is 47.9 Å². The zero-order chi connectivity index (χ0) is 18.4. The van der Waals surface area contributed by atoms with E-state index in [0.717, 1.165) is 61.2 Å². The first kappa shape index (κ1) is 18.2. The van der Waals surface area contributed by atoms with Gasteiger partial charge in [0.15, 0.2) is 0 Å². The number of hydrogen-bond donors (Lipinski definition) is 1. The molecule has 0 saturated heterocycles. The number of carbonyl (C=O) groups excluding carboxylic acids is 1. The van der Waals surface area contributed by atoms with E-state index < -0.39 is 0 Å². The molecule has 0 fully saturated rings. The fraction of sp³-hybridized carbons (Fsp3) is 0.364. The Balaban J connectivity index is 1.43. The highest BCUT2D eigenvalue weighted by atomic mass is 16.1. The predicted molar refractivity (Wildman–Crippen MR) is 106 cm³/mol. The quantitative estimate of drug-likeness (QED) is 0.608. The number of aryl methyl sites for hydroxylation is 3. The minimum Gasteiger partial charge on any atom is -0.352 e. The Morgan fingerprint density at radius 1 is 1.08 bits per heavy atom. The van der Waals surface area contributed by atoms with Gasteiger partial charge in [-0.05, 0) is 51.0 Å². The number of carbonyl (C=O) groups is 1. The predicted octanol–water partition coefficient (Wildman–Crippen LogP) is 4.51. The maximum Gasteiger partial charge on any atom is 0.251 e. The summed E-state index contributed by atoms with van der Waals surface area (Å²) in [7, 11) is 0. The molecule has 0 aliphatic rings. The van der Waals surface area contributed by atoms with E-state index >= 15 is 0 Å². The van der Waals surface area contributed by atoms with Gasteiger partial charge in [-0.25, -0.2) is 4.98 Å². The Hall–Kier alpha value is -2.62. The molecule has 3 aromatic rings. The van der Waals surface area contributed by atoms with E-state index in [2.05, 4.69) is 35.0 Å². The number of unbranched alkanes of at least 4 members (excludes halogenated alkanes) is 2. The first-order chi connectivity index (χ1) is 12.7.